The Hall–Kier alpha value is -1.93. The predicted octanol–water partition coefficient (Wildman–Crippen LogP) is 1.41. The summed E-state index contributed by atoms with van der Waals surface area (Å²) < 4.78 is 28.4. The number of rotatable bonds is 3. The van der Waals surface area contributed by atoms with Crippen molar-refractivity contribution in [1.29, 1.82) is 0 Å². The molecular formula is C15H15ClN2O5S. The molecular weight excluding hydrogens is 356 g/mol. The summed E-state index contributed by atoms with van der Waals surface area (Å²) in [5.74, 6) is -0.877. The molecule has 1 atom stereocenters. The molecule has 1 amide bonds. The monoisotopic (exact) mass is 370 g/mol. The van der Waals surface area contributed by atoms with Crippen LogP contribution in [0.15, 0.2) is 29.4 Å². The summed E-state index contributed by atoms with van der Waals surface area (Å²) in [7, 11) is -3.16. The number of hydrogen-bond donors (Lipinski definition) is 0. The van der Waals surface area contributed by atoms with Crippen LogP contribution in [0.1, 0.15) is 19.3 Å². The van der Waals surface area contributed by atoms with Crippen molar-refractivity contribution >= 4 is 39.0 Å². The molecule has 128 valence electrons. The first kappa shape index (κ1) is 16.9. The summed E-state index contributed by atoms with van der Waals surface area (Å²) in [5.41, 5.74) is 0.0822. The third kappa shape index (κ3) is 3.59. The number of hydrogen-bond acceptors (Lipinski definition) is 6. The molecule has 0 radical (unpaired) electrons. The van der Waals surface area contributed by atoms with E-state index in [2.05, 4.69) is 5.10 Å². The van der Waals surface area contributed by atoms with Crippen molar-refractivity contribution in [2.75, 3.05) is 11.5 Å². The van der Waals surface area contributed by atoms with Gasteiger partial charge in [-0.15, -0.1) is 0 Å². The van der Waals surface area contributed by atoms with Crippen molar-refractivity contribution in [3.05, 3.63) is 29.3 Å². The predicted molar refractivity (Wildman–Crippen MR) is 87.7 cm³/mol. The molecule has 0 aromatic heterocycles. The molecule has 2 heterocycles. The van der Waals surface area contributed by atoms with Crippen LogP contribution < -0.4 is 4.74 Å². The largest absolute Gasteiger partial charge is 0.420 e. The Labute approximate surface area is 144 Å². The molecule has 0 aliphatic carbocycles. The van der Waals surface area contributed by atoms with E-state index in [9.17, 15) is 18.0 Å². The second kappa shape index (κ2) is 6.52. The number of sulfone groups is 1. The number of ether oxygens (including phenoxy) is 1. The molecule has 0 N–H and O–H groups in total. The number of halogens is 1. The van der Waals surface area contributed by atoms with Crippen LogP contribution in [0.25, 0.3) is 0 Å². The second-order valence-electron chi connectivity index (χ2n) is 5.66. The number of benzene rings is 1. The van der Waals surface area contributed by atoms with Crippen molar-refractivity contribution in [2.24, 2.45) is 5.10 Å². The van der Waals surface area contributed by atoms with Crippen LogP contribution in [0.3, 0.4) is 0 Å². The fraction of sp³-hybridized carbons (Fsp3) is 0.400. The van der Waals surface area contributed by atoms with Crippen LogP contribution in [0.2, 0.25) is 5.02 Å². The Balaban J connectivity index is 1.78. The van der Waals surface area contributed by atoms with Crippen LogP contribution in [-0.4, -0.2) is 48.6 Å². The summed E-state index contributed by atoms with van der Waals surface area (Å²) in [6.07, 6.45) is 0.565. The normalized spacial score (nSPS) is 23.0. The zero-order valence-electron chi connectivity index (χ0n) is 12.6. The molecule has 2 aliphatic heterocycles. The van der Waals surface area contributed by atoms with Gasteiger partial charge >= 0.3 is 5.97 Å². The first-order valence-electron chi connectivity index (χ1n) is 7.42. The number of hydrazone groups is 1. The van der Waals surface area contributed by atoms with Crippen molar-refractivity contribution in [3.63, 3.8) is 0 Å². The van der Waals surface area contributed by atoms with Gasteiger partial charge in [0.15, 0.2) is 9.84 Å². The van der Waals surface area contributed by atoms with E-state index in [4.69, 9.17) is 16.3 Å². The smallest absolute Gasteiger partial charge is 0.359 e. The summed E-state index contributed by atoms with van der Waals surface area (Å²) in [6, 6.07) is 6.00. The third-order valence-electron chi connectivity index (χ3n) is 3.89. The Bertz CT molecular complexity index is 821. The number of nitrogens with zero attached hydrogens (tertiary/aromatic N) is 2. The van der Waals surface area contributed by atoms with Gasteiger partial charge < -0.3 is 4.74 Å². The van der Waals surface area contributed by atoms with Crippen LogP contribution in [0.5, 0.6) is 5.75 Å². The van der Waals surface area contributed by atoms with Crippen molar-refractivity contribution in [2.45, 2.75) is 25.3 Å². The van der Waals surface area contributed by atoms with Gasteiger partial charge in [-0.3, -0.25) is 4.79 Å². The Kier molecular flexibility index (Phi) is 4.60. The van der Waals surface area contributed by atoms with Crippen LogP contribution >= 0.6 is 11.6 Å². The molecule has 24 heavy (non-hydrogen) atoms. The average molecular weight is 371 g/mol. The standard InChI is InChI=1S/C15H15ClN2O5S/c16-11-3-1-2-4-13(11)23-15(20)12-5-6-14(19)18(17-12)10-7-8-24(21,22)9-10/h1-4,10H,5-9H2. The van der Waals surface area contributed by atoms with E-state index in [1.165, 1.54) is 0 Å². The van der Waals surface area contributed by atoms with Crippen LogP contribution in [0.4, 0.5) is 0 Å². The number of para-hydroxylation sites is 1. The Morgan fingerprint density at radius 1 is 1.29 bits per heavy atom. The van der Waals surface area contributed by atoms with E-state index >= 15 is 0 Å². The van der Waals surface area contributed by atoms with E-state index in [1.54, 1.807) is 24.3 Å². The molecule has 1 fully saturated rings. The summed E-state index contributed by atoms with van der Waals surface area (Å²) in [4.78, 5) is 24.3. The molecule has 9 heteroatoms. The molecule has 0 spiro atoms. The molecule has 1 unspecified atom stereocenters. The van der Waals surface area contributed by atoms with Crippen molar-refractivity contribution in [3.8, 4) is 5.75 Å². The fourth-order valence-electron chi connectivity index (χ4n) is 2.66. The number of esters is 1. The molecule has 1 aromatic carbocycles. The lowest BCUT2D eigenvalue weighted by atomic mass is 10.1. The minimum atomic E-state index is -3.16. The van der Waals surface area contributed by atoms with Gasteiger partial charge in [-0.25, -0.2) is 18.2 Å². The fourth-order valence-corrected chi connectivity index (χ4v) is 4.52. The Morgan fingerprint density at radius 3 is 2.71 bits per heavy atom. The molecule has 1 saturated heterocycles. The second-order valence-corrected chi connectivity index (χ2v) is 8.30. The van der Waals surface area contributed by atoms with E-state index in [0.29, 0.717) is 6.42 Å². The van der Waals surface area contributed by atoms with E-state index in [0.717, 1.165) is 5.01 Å². The van der Waals surface area contributed by atoms with E-state index < -0.39 is 21.8 Å². The maximum atomic E-state index is 12.2. The minimum absolute atomic E-state index is 0.0242. The number of carbonyl (C=O) groups excluding carboxylic acids is 2. The van der Waals surface area contributed by atoms with Gasteiger partial charge in [-0.1, -0.05) is 23.7 Å². The maximum absolute atomic E-state index is 12.2. The molecule has 0 saturated carbocycles. The maximum Gasteiger partial charge on any atom is 0.359 e. The highest BCUT2D eigenvalue weighted by Gasteiger charge is 2.37. The Morgan fingerprint density at radius 2 is 2.04 bits per heavy atom. The molecule has 2 aliphatic rings. The first-order valence-corrected chi connectivity index (χ1v) is 9.62. The highest BCUT2D eigenvalue weighted by atomic mass is 35.5. The zero-order valence-corrected chi connectivity index (χ0v) is 14.2. The number of amides is 1. The summed E-state index contributed by atoms with van der Waals surface area (Å²) >= 11 is 5.95. The molecule has 0 bridgehead atoms. The highest BCUT2D eigenvalue weighted by molar-refractivity contribution is 7.91. The van der Waals surface area contributed by atoms with E-state index in [1.807, 2.05) is 0 Å². The minimum Gasteiger partial charge on any atom is -0.420 e. The lowest BCUT2D eigenvalue weighted by Gasteiger charge is -2.27. The molecule has 3 rings (SSSR count). The van der Waals surface area contributed by atoms with Crippen molar-refractivity contribution < 1.29 is 22.7 Å². The zero-order chi connectivity index (χ0) is 17.3. The van der Waals surface area contributed by atoms with E-state index in [-0.39, 0.29) is 46.7 Å². The highest BCUT2D eigenvalue weighted by Crippen LogP contribution is 2.25. The third-order valence-corrected chi connectivity index (χ3v) is 5.95. The van der Waals surface area contributed by atoms with Gasteiger partial charge in [-0.05, 0) is 18.6 Å². The molecule has 7 nitrogen and oxygen atoms in total. The van der Waals surface area contributed by atoms with Crippen LogP contribution in [0, 0.1) is 0 Å². The quantitative estimate of drug-likeness (QED) is 0.592. The van der Waals surface area contributed by atoms with Gasteiger partial charge in [0.25, 0.3) is 0 Å². The van der Waals surface area contributed by atoms with Gasteiger partial charge in [0.2, 0.25) is 5.91 Å². The molecule has 1 aromatic rings. The van der Waals surface area contributed by atoms with Gasteiger partial charge in [0, 0.05) is 12.8 Å². The number of carbonyl (C=O) groups is 2. The summed E-state index contributed by atoms with van der Waals surface area (Å²) in [6.45, 7) is 0. The van der Waals surface area contributed by atoms with Gasteiger partial charge in [-0.2, -0.15) is 5.10 Å². The van der Waals surface area contributed by atoms with Gasteiger partial charge in [0.1, 0.15) is 11.5 Å². The SMILES string of the molecule is O=C(Oc1ccccc1Cl)C1=NN(C2CCS(=O)(=O)C2)C(=O)CC1. The van der Waals surface area contributed by atoms with Crippen LogP contribution in [-0.2, 0) is 19.4 Å². The average Bonchev–Trinajstić information content (AvgIpc) is 2.90. The summed E-state index contributed by atoms with van der Waals surface area (Å²) in [5, 5.41) is 5.47. The first-order chi connectivity index (χ1) is 11.4. The lowest BCUT2D eigenvalue weighted by molar-refractivity contribution is -0.134. The lowest BCUT2D eigenvalue weighted by Crippen LogP contribution is -2.42. The topological polar surface area (TPSA) is 93.1 Å². The van der Waals surface area contributed by atoms with Gasteiger partial charge in [0.05, 0.1) is 22.6 Å². The van der Waals surface area contributed by atoms with Crippen molar-refractivity contribution in [1.82, 2.24) is 5.01 Å².